The molecule has 4 nitrogen and oxygen atoms in total. The monoisotopic (exact) mass is 332 g/mol. The molecule has 1 N–H and O–H groups in total. The minimum Gasteiger partial charge on any atom is -0.312 e. The SMILES string of the molecule is O=S(=O)(c1ccc(Cl)cc1F)N1CCCC1C1CCCN1. The van der Waals surface area contributed by atoms with Crippen molar-refractivity contribution in [3.05, 3.63) is 29.0 Å². The summed E-state index contributed by atoms with van der Waals surface area (Å²) >= 11 is 5.70. The third kappa shape index (κ3) is 2.82. The Labute approximate surface area is 129 Å². The molecule has 2 saturated heterocycles. The number of hydrogen-bond donors (Lipinski definition) is 1. The number of sulfonamides is 1. The van der Waals surface area contributed by atoms with Gasteiger partial charge < -0.3 is 5.32 Å². The van der Waals surface area contributed by atoms with Crippen LogP contribution in [0, 0.1) is 5.82 Å². The molecule has 0 amide bonds. The van der Waals surface area contributed by atoms with Gasteiger partial charge in [0.15, 0.2) is 0 Å². The highest BCUT2D eigenvalue weighted by atomic mass is 35.5. The summed E-state index contributed by atoms with van der Waals surface area (Å²) in [6, 6.07) is 3.82. The molecule has 2 fully saturated rings. The van der Waals surface area contributed by atoms with Crippen molar-refractivity contribution in [3.63, 3.8) is 0 Å². The van der Waals surface area contributed by atoms with Crippen molar-refractivity contribution in [3.8, 4) is 0 Å². The lowest BCUT2D eigenvalue weighted by atomic mass is 10.1. The van der Waals surface area contributed by atoms with E-state index in [1.165, 1.54) is 16.4 Å². The summed E-state index contributed by atoms with van der Waals surface area (Å²) in [7, 11) is -3.81. The van der Waals surface area contributed by atoms with Gasteiger partial charge in [-0.25, -0.2) is 12.8 Å². The molecule has 1 aromatic rings. The lowest BCUT2D eigenvalue weighted by molar-refractivity contribution is 0.321. The molecule has 0 spiro atoms. The quantitative estimate of drug-likeness (QED) is 0.924. The van der Waals surface area contributed by atoms with Crippen molar-refractivity contribution in [1.29, 1.82) is 0 Å². The van der Waals surface area contributed by atoms with E-state index in [0.29, 0.717) is 6.54 Å². The predicted molar refractivity (Wildman–Crippen MR) is 79.3 cm³/mol. The Morgan fingerprint density at radius 1 is 1.29 bits per heavy atom. The van der Waals surface area contributed by atoms with Crippen molar-refractivity contribution in [2.45, 2.75) is 42.7 Å². The fourth-order valence-electron chi connectivity index (χ4n) is 3.32. The van der Waals surface area contributed by atoms with Gasteiger partial charge in [0.1, 0.15) is 10.7 Å². The average Bonchev–Trinajstić information content (AvgIpc) is 3.09. The van der Waals surface area contributed by atoms with Gasteiger partial charge in [-0.15, -0.1) is 0 Å². The van der Waals surface area contributed by atoms with Crippen LogP contribution in [0.1, 0.15) is 25.7 Å². The smallest absolute Gasteiger partial charge is 0.246 e. The van der Waals surface area contributed by atoms with Crippen LogP contribution in [0.2, 0.25) is 5.02 Å². The minimum absolute atomic E-state index is 0.0763. The fraction of sp³-hybridized carbons (Fsp3) is 0.571. The van der Waals surface area contributed by atoms with Crippen molar-refractivity contribution < 1.29 is 12.8 Å². The number of halogens is 2. The molecule has 3 rings (SSSR count). The second kappa shape index (κ2) is 5.83. The summed E-state index contributed by atoms with van der Waals surface area (Å²) in [5.41, 5.74) is 0. The molecule has 2 unspecified atom stereocenters. The third-order valence-corrected chi connectivity index (χ3v) is 6.48. The molecule has 0 aromatic heterocycles. The highest BCUT2D eigenvalue weighted by Gasteiger charge is 2.41. The Morgan fingerprint density at radius 3 is 2.76 bits per heavy atom. The lowest BCUT2D eigenvalue weighted by Gasteiger charge is -2.28. The predicted octanol–water partition coefficient (Wildman–Crippen LogP) is 2.38. The van der Waals surface area contributed by atoms with Crippen molar-refractivity contribution in [2.75, 3.05) is 13.1 Å². The van der Waals surface area contributed by atoms with Crippen molar-refractivity contribution in [2.24, 2.45) is 0 Å². The highest BCUT2D eigenvalue weighted by molar-refractivity contribution is 7.89. The maximum absolute atomic E-state index is 14.0. The molecule has 0 saturated carbocycles. The molecule has 0 bridgehead atoms. The van der Waals surface area contributed by atoms with Crippen LogP contribution in [0.25, 0.3) is 0 Å². The zero-order chi connectivity index (χ0) is 15.0. The Kier molecular flexibility index (Phi) is 4.23. The van der Waals surface area contributed by atoms with Gasteiger partial charge in [0, 0.05) is 23.7 Å². The summed E-state index contributed by atoms with van der Waals surface area (Å²) in [5, 5.41) is 3.55. The van der Waals surface area contributed by atoms with Crippen LogP contribution in [0.3, 0.4) is 0 Å². The van der Waals surface area contributed by atoms with E-state index in [-0.39, 0.29) is 22.0 Å². The molecular formula is C14H18ClFN2O2S. The Hall–Kier alpha value is -0.690. The third-order valence-electron chi connectivity index (χ3n) is 4.29. The van der Waals surface area contributed by atoms with Gasteiger partial charge in [-0.3, -0.25) is 0 Å². The normalized spacial score (nSPS) is 27.3. The summed E-state index contributed by atoms with van der Waals surface area (Å²) < 4.78 is 41.0. The van der Waals surface area contributed by atoms with Crippen LogP contribution >= 0.6 is 11.6 Å². The van der Waals surface area contributed by atoms with Crippen molar-refractivity contribution in [1.82, 2.24) is 9.62 Å². The van der Waals surface area contributed by atoms with Crippen molar-refractivity contribution >= 4 is 21.6 Å². The van der Waals surface area contributed by atoms with Crippen LogP contribution in [0.15, 0.2) is 23.1 Å². The van der Waals surface area contributed by atoms with Gasteiger partial charge in [0.05, 0.1) is 0 Å². The summed E-state index contributed by atoms with van der Waals surface area (Å²) in [6.45, 7) is 1.37. The average molecular weight is 333 g/mol. The largest absolute Gasteiger partial charge is 0.312 e. The van der Waals surface area contributed by atoms with E-state index in [9.17, 15) is 12.8 Å². The number of nitrogens with zero attached hydrogens (tertiary/aromatic N) is 1. The second-order valence-electron chi connectivity index (χ2n) is 5.60. The molecular weight excluding hydrogens is 315 g/mol. The zero-order valence-corrected chi connectivity index (χ0v) is 13.1. The first kappa shape index (κ1) is 15.2. The first-order valence-electron chi connectivity index (χ1n) is 7.20. The van der Waals surface area contributed by atoms with Crippen LogP contribution in [0.5, 0.6) is 0 Å². The summed E-state index contributed by atoms with van der Waals surface area (Å²) in [4.78, 5) is -0.281. The van der Waals surface area contributed by atoms with Gasteiger partial charge in [-0.2, -0.15) is 4.31 Å². The minimum atomic E-state index is -3.81. The Bertz CT molecular complexity index is 632. The van der Waals surface area contributed by atoms with Crippen LogP contribution in [-0.2, 0) is 10.0 Å². The van der Waals surface area contributed by atoms with Gasteiger partial charge in [-0.05, 0) is 50.4 Å². The molecule has 2 aliphatic rings. The van der Waals surface area contributed by atoms with Gasteiger partial charge in [0.25, 0.3) is 0 Å². The topological polar surface area (TPSA) is 49.4 Å². The van der Waals surface area contributed by atoms with Gasteiger partial charge in [0.2, 0.25) is 10.0 Å². The van der Waals surface area contributed by atoms with E-state index in [1.807, 2.05) is 0 Å². The van der Waals surface area contributed by atoms with Crippen LogP contribution in [-0.4, -0.2) is 37.9 Å². The summed E-state index contributed by atoms with van der Waals surface area (Å²) in [5.74, 6) is -0.785. The van der Waals surface area contributed by atoms with E-state index in [0.717, 1.165) is 38.3 Å². The van der Waals surface area contributed by atoms with Gasteiger partial charge >= 0.3 is 0 Å². The first-order valence-corrected chi connectivity index (χ1v) is 9.02. The zero-order valence-electron chi connectivity index (χ0n) is 11.6. The molecule has 0 aliphatic carbocycles. The number of benzene rings is 1. The standard InChI is InChI=1S/C14H18ClFN2O2S/c15-10-5-6-14(11(16)9-10)21(19,20)18-8-2-4-13(18)12-3-1-7-17-12/h5-6,9,12-13,17H,1-4,7-8H2. The van der Waals surface area contributed by atoms with E-state index in [2.05, 4.69) is 5.32 Å². The highest BCUT2D eigenvalue weighted by Crippen LogP contribution is 2.31. The maximum Gasteiger partial charge on any atom is 0.246 e. The Morgan fingerprint density at radius 2 is 2.10 bits per heavy atom. The summed E-state index contributed by atoms with van der Waals surface area (Å²) in [6.07, 6.45) is 3.67. The number of nitrogens with one attached hydrogen (secondary N) is 1. The van der Waals surface area contributed by atoms with Gasteiger partial charge in [-0.1, -0.05) is 11.6 Å². The maximum atomic E-state index is 14.0. The Balaban J connectivity index is 1.93. The van der Waals surface area contributed by atoms with E-state index < -0.39 is 15.8 Å². The van der Waals surface area contributed by atoms with E-state index in [1.54, 1.807) is 0 Å². The van der Waals surface area contributed by atoms with E-state index in [4.69, 9.17) is 11.6 Å². The number of hydrogen-bond acceptors (Lipinski definition) is 3. The lowest BCUT2D eigenvalue weighted by Crippen LogP contribution is -2.46. The number of rotatable bonds is 3. The fourth-order valence-corrected chi connectivity index (χ4v) is 5.25. The van der Waals surface area contributed by atoms with Crippen LogP contribution < -0.4 is 5.32 Å². The molecule has 7 heteroatoms. The molecule has 21 heavy (non-hydrogen) atoms. The molecule has 2 atom stereocenters. The molecule has 0 radical (unpaired) electrons. The molecule has 2 aliphatic heterocycles. The van der Waals surface area contributed by atoms with Crippen LogP contribution in [0.4, 0.5) is 4.39 Å². The molecule has 2 heterocycles. The molecule has 116 valence electrons. The first-order chi connectivity index (χ1) is 10.00. The molecule has 1 aromatic carbocycles. The van der Waals surface area contributed by atoms with E-state index >= 15 is 0 Å². The second-order valence-corrected chi connectivity index (χ2v) is 7.90.